The summed E-state index contributed by atoms with van der Waals surface area (Å²) in [6.45, 7) is -0.195. The lowest BCUT2D eigenvalue weighted by molar-refractivity contribution is -0.274. The molecule has 1 amide bonds. The Morgan fingerprint density at radius 3 is 2.28 bits per heavy atom. The van der Waals surface area contributed by atoms with E-state index in [9.17, 15) is 35.3 Å². The number of halogens is 6. The molecule has 0 radical (unpaired) electrons. The van der Waals surface area contributed by atoms with Gasteiger partial charge in [0.1, 0.15) is 17.3 Å². The molecule has 39 heavy (non-hydrogen) atoms. The van der Waals surface area contributed by atoms with Gasteiger partial charge in [0.15, 0.2) is 11.0 Å². The number of pyridine rings is 1. The summed E-state index contributed by atoms with van der Waals surface area (Å²) in [6, 6.07) is 11.2. The van der Waals surface area contributed by atoms with E-state index in [1.54, 1.807) is 18.2 Å². The van der Waals surface area contributed by atoms with E-state index < -0.39 is 46.3 Å². The number of fused-ring (bicyclic) bond motifs is 2. The van der Waals surface area contributed by atoms with Gasteiger partial charge in [0.2, 0.25) is 5.91 Å². The zero-order chi connectivity index (χ0) is 28.2. The van der Waals surface area contributed by atoms with E-state index in [2.05, 4.69) is 15.0 Å². The second-order valence-corrected chi connectivity index (χ2v) is 10.5. The molecule has 0 spiro atoms. The van der Waals surface area contributed by atoms with Gasteiger partial charge in [-0.1, -0.05) is 24.6 Å². The number of rotatable bonds is 5. The van der Waals surface area contributed by atoms with Gasteiger partial charge in [0.25, 0.3) is 0 Å². The Morgan fingerprint density at radius 2 is 1.72 bits per heavy atom. The Labute approximate surface area is 220 Å². The fourth-order valence-electron chi connectivity index (χ4n) is 4.75. The third-order valence-electron chi connectivity index (χ3n) is 6.78. The summed E-state index contributed by atoms with van der Waals surface area (Å²) in [7, 11) is -2.09. The number of carbonyl (C=O) groups excluding carboxylic acids is 1. The summed E-state index contributed by atoms with van der Waals surface area (Å²) < 4.78 is 97.2. The Hall–Kier alpha value is -3.81. The highest BCUT2D eigenvalue weighted by Gasteiger charge is 2.47. The van der Waals surface area contributed by atoms with Crippen LogP contribution in [0.25, 0.3) is 0 Å². The number of hydrogen-bond donors (Lipinski definition) is 2. The molecule has 1 unspecified atom stereocenters. The van der Waals surface area contributed by atoms with Crippen LogP contribution in [0.5, 0.6) is 5.75 Å². The van der Waals surface area contributed by atoms with Crippen LogP contribution >= 0.6 is 0 Å². The third kappa shape index (κ3) is 5.00. The highest BCUT2D eigenvalue weighted by Crippen LogP contribution is 2.51. The summed E-state index contributed by atoms with van der Waals surface area (Å²) in [4.78, 5) is 16.4. The van der Waals surface area contributed by atoms with Gasteiger partial charge in [0, 0.05) is 5.56 Å². The van der Waals surface area contributed by atoms with Gasteiger partial charge in [0.05, 0.1) is 28.2 Å². The van der Waals surface area contributed by atoms with Crippen molar-refractivity contribution in [2.45, 2.75) is 48.7 Å². The van der Waals surface area contributed by atoms with Crippen LogP contribution in [0.2, 0.25) is 0 Å². The van der Waals surface area contributed by atoms with Gasteiger partial charge in [-0.3, -0.25) is 9.10 Å². The molecule has 5 rings (SSSR count). The van der Waals surface area contributed by atoms with Crippen LogP contribution in [-0.4, -0.2) is 21.5 Å². The van der Waals surface area contributed by atoms with Crippen molar-refractivity contribution in [1.82, 2.24) is 4.98 Å². The van der Waals surface area contributed by atoms with Crippen LogP contribution in [0.15, 0.2) is 59.5 Å². The van der Waals surface area contributed by atoms with Crippen LogP contribution in [0.4, 0.5) is 43.5 Å². The fraction of sp³-hybridized carbons (Fsp3) is 0.280. The molecule has 206 valence electrons. The van der Waals surface area contributed by atoms with Crippen molar-refractivity contribution in [1.29, 1.82) is 0 Å². The highest BCUT2D eigenvalue weighted by atomic mass is 32.2. The zero-order valence-electron chi connectivity index (χ0n) is 19.9. The topological polar surface area (TPSA) is 97.6 Å². The molecule has 2 aromatic carbocycles. The minimum absolute atomic E-state index is 0.0929. The molecule has 2 aliphatic rings. The number of hydrogen-bond acceptors (Lipinski definition) is 5. The average molecular weight is 571 g/mol. The fourth-order valence-corrected chi connectivity index (χ4v) is 5.99. The lowest BCUT2D eigenvalue weighted by Crippen LogP contribution is -2.47. The standard InChI is InChI=1S/C25H20F6N4O3S/c26-24(27,28)19-10-5-14-13-35(39(37)16-8-6-15(7-9-16)38-25(29,30)31)20-17(23(22(32)36)11-2-12-23)3-1-4-18(20)33-21(14)34-19/h1,3-10H,2,11-13H2,(H2,32,36)(H,33,34). The van der Waals surface area contributed by atoms with E-state index in [1.807, 2.05) is 0 Å². The smallest absolute Gasteiger partial charge is 0.406 e. The molecule has 3 aromatic rings. The first-order valence-corrected chi connectivity index (χ1v) is 12.7. The highest BCUT2D eigenvalue weighted by molar-refractivity contribution is 7.86. The number of amides is 1. The number of para-hydroxylation sites is 1. The first-order chi connectivity index (χ1) is 18.3. The number of nitrogens with one attached hydrogen (secondary N) is 1. The SMILES string of the molecule is NC(=O)C1(c2cccc3c2N(S(=O)c2ccc(OC(F)(F)F)cc2)Cc2ccc(C(F)(F)F)nc2N3)CCC1. The van der Waals surface area contributed by atoms with Crippen molar-refractivity contribution in [3.63, 3.8) is 0 Å². The van der Waals surface area contributed by atoms with E-state index in [-0.39, 0.29) is 34.2 Å². The first kappa shape index (κ1) is 26.8. The van der Waals surface area contributed by atoms with Gasteiger partial charge >= 0.3 is 12.5 Å². The second-order valence-electron chi connectivity index (χ2n) is 9.13. The van der Waals surface area contributed by atoms with Gasteiger partial charge in [-0.05, 0) is 54.8 Å². The third-order valence-corrected chi connectivity index (χ3v) is 8.16. The van der Waals surface area contributed by atoms with Crippen molar-refractivity contribution < 1.29 is 40.1 Å². The molecule has 0 saturated heterocycles. The Balaban J connectivity index is 1.64. The largest absolute Gasteiger partial charge is 0.573 e. The van der Waals surface area contributed by atoms with Crippen LogP contribution in [0.3, 0.4) is 0 Å². The molecular formula is C25H20F6N4O3S. The number of primary amides is 1. The quantitative estimate of drug-likeness (QED) is 0.384. The van der Waals surface area contributed by atoms with Crippen LogP contribution in [-0.2, 0) is 33.9 Å². The molecule has 1 aromatic heterocycles. The number of alkyl halides is 6. The molecule has 0 bridgehead atoms. The number of carbonyl (C=O) groups is 1. The van der Waals surface area contributed by atoms with Gasteiger partial charge in [-0.15, -0.1) is 13.2 Å². The second kappa shape index (κ2) is 9.43. The molecule has 7 nitrogen and oxygen atoms in total. The normalized spacial score (nSPS) is 17.1. The number of aromatic nitrogens is 1. The number of ether oxygens (including phenoxy) is 1. The molecule has 3 N–H and O–H groups in total. The van der Waals surface area contributed by atoms with E-state index >= 15 is 0 Å². The van der Waals surface area contributed by atoms with E-state index in [0.717, 1.165) is 18.2 Å². The van der Waals surface area contributed by atoms with Crippen molar-refractivity contribution in [3.8, 4) is 5.75 Å². The van der Waals surface area contributed by atoms with Crippen LogP contribution < -0.4 is 20.1 Å². The summed E-state index contributed by atoms with van der Waals surface area (Å²) >= 11 is 0. The average Bonchev–Trinajstić information content (AvgIpc) is 2.98. The Bertz CT molecular complexity index is 1460. The van der Waals surface area contributed by atoms with Crippen molar-refractivity contribution in [2.24, 2.45) is 5.73 Å². The van der Waals surface area contributed by atoms with Gasteiger partial charge < -0.3 is 15.8 Å². The molecular weight excluding hydrogens is 550 g/mol. The molecule has 2 heterocycles. The van der Waals surface area contributed by atoms with E-state index in [1.165, 1.54) is 22.5 Å². The van der Waals surface area contributed by atoms with E-state index in [0.29, 0.717) is 24.8 Å². The zero-order valence-corrected chi connectivity index (χ0v) is 20.7. The maximum atomic E-state index is 13.9. The van der Waals surface area contributed by atoms with Crippen molar-refractivity contribution in [3.05, 3.63) is 71.4 Å². The van der Waals surface area contributed by atoms with Crippen molar-refractivity contribution in [2.75, 3.05) is 9.62 Å². The number of benzene rings is 2. The Morgan fingerprint density at radius 1 is 1.03 bits per heavy atom. The number of nitrogens with zero attached hydrogens (tertiary/aromatic N) is 2. The maximum absolute atomic E-state index is 13.9. The van der Waals surface area contributed by atoms with Crippen molar-refractivity contribution >= 4 is 34.1 Å². The molecule has 1 saturated carbocycles. The molecule has 1 atom stereocenters. The molecule has 14 heteroatoms. The summed E-state index contributed by atoms with van der Waals surface area (Å²) in [5, 5.41) is 2.90. The lowest BCUT2D eigenvalue weighted by atomic mass is 9.63. The van der Waals surface area contributed by atoms with Gasteiger partial charge in [-0.2, -0.15) is 13.2 Å². The Kier molecular flexibility index (Phi) is 6.48. The number of nitrogens with two attached hydrogens (primary N) is 1. The summed E-state index contributed by atoms with van der Waals surface area (Å²) in [5.41, 5.74) is 4.82. The predicted molar refractivity (Wildman–Crippen MR) is 129 cm³/mol. The lowest BCUT2D eigenvalue weighted by Gasteiger charge is -2.42. The number of anilines is 3. The maximum Gasteiger partial charge on any atom is 0.573 e. The first-order valence-electron chi connectivity index (χ1n) is 11.6. The molecule has 1 aliphatic heterocycles. The van der Waals surface area contributed by atoms with Gasteiger partial charge in [-0.25, -0.2) is 9.19 Å². The predicted octanol–water partition coefficient (Wildman–Crippen LogP) is 5.69. The van der Waals surface area contributed by atoms with Crippen LogP contribution in [0, 0.1) is 0 Å². The van der Waals surface area contributed by atoms with E-state index in [4.69, 9.17) is 5.73 Å². The summed E-state index contributed by atoms with van der Waals surface area (Å²) in [6.07, 6.45) is -8.07. The molecule has 1 aliphatic carbocycles. The molecule has 1 fully saturated rings. The monoisotopic (exact) mass is 570 g/mol. The van der Waals surface area contributed by atoms with Crippen LogP contribution in [0.1, 0.15) is 36.1 Å². The summed E-state index contributed by atoms with van der Waals surface area (Å²) in [5.74, 6) is -1.22. The minimum atomic E-state index is -4.91. The minimum Gasteiger partial charge on any atom is -0.406 e.